The minimum absolute atomic E-state index is 0.131. The summed E-state index contributed by atoms with van der Waals surface area (Å²) in [5, 5.41) is 6.06. The maximum Gasteiger partial charge on any atom is 0.263 e. The third-order valence-electron chi connectivity index (χ3n) is 3.88. The van der Waals surface area contributed by atoms with Gasteiger partial charge >= 0.3 is 0 Å². The summed E-state index contributed by atoms with van der Waals surface area (Å²) in [6, 6.07) is 14.2. The van der Waals surface area contributed by atoms with Crippen LogP contribution in [-0.4, -0.2) is 31.0 Å². The first-order valence-corrected chi connectivity index (χ1v) is 9.73. The van der Waals surface area contributed by atoms with Crippen LogP contribution in [0.5, 0.6) is 5.75 Å². The first-order chi connectivity index (χ1) is 13.3. The molecule has 2 aromatic rings. The van der Waals surface area contributed by atoms with Crippen LogP contribution in [0.1, 0.15) is 43.6 Å². The molecule has 2 amide bonds. The lowest BCUT2D eigenvalue weighted by Crippen LogP contribution is -2.45. The summed E-state index contributed by atoms with van der Waals surface area (Å²) >= 11 is 5.81. The third-order valence-corrected chi connectivity index (χ3v) is 4.13. The zero-order chi connectivity index (χ0) is 21.2. The highest BCUT2D eigenvalue weighted by molar-refractivity contribution is 6.30. The molecule has 0 aliphatic carbocycles. The van der Waals surface area contributed by atoms with Gasteiger partial charge in [0.25, 0.3) is 11.8 Å². The second-order valence-electron chi connectivity index (χ2n) is 6.35. The lowest BCUT2D eigenvalue weighted by atomic mass is 10.1. The van der Waals surface area contributed by atoms with E-state index in [0.29, 0.717) is 29.3 Å². The van der Waals surface area contributed by atoms with Gasteiger partial charge < -0.3 is 15.4 Å². The standard InChI is InChI=1S/C20H23ClN2O3.C2H6/c1-20(2,19(25)22-3)26-17-10-4-14(5-11-17)12-13-23-18(24)15-6-8-16(21)9-7-15;1-2/h4-11H,12-13H2,1-3H3,(H,22,25)(H,23,24);1-2H3. The van der Waals surface area contributed by atoms with Crippen molar-refractivity contribution < 1.29 is 14.3 Å². The molecule has 0 aliphatic heterocycles. The Kier molecular flexibility index (Phi) is 9.52. The number of amides is 2. The first-order valence-electron chi connectivity index (χ1n) is 9.36. The van der Waals surface area contributed by atoms with Gasteiger partial charge in [0.2, 0.25) is 0 Å². The van der Waals surface area contributed by atoms with E-state index in [0.717, 1.165) is 5.56 Å². The number of rotatable bonds is 7. The normalized spacial score (nSPS) is 10.4. The van der Waals surface area contributed by atoms with Crippen LogP contribution in [0.15, 0.2) is 48.5 Å². The summed E-state index contributed by atoms with van der Waals surface area (Å²) in [6.45, 7) is 7.95. The van der Waals surface area contributed by atoms with Crippen molar-refractivity contribution >= 4 is 23.4 Å². The zero-order valence-corrected chi connectivity index (χ0v) is 17.9. The van der Waals surface area contributed by atoms with Crippen molar-refractivity contribution in [1.82, 2.24) is 10.6 Å². The van der Waals surface area contributed by atoms with E-state index in [1.807, 2.05) is 38.1 Å². The third kappa shape index (κ3) is 7.24. The van der Waals surface area contributed by atoms with Crippen molar-refractivity contribution in [2.75, 3.05) is 13.6 Å². The molecule has 28 heavy (non-hydrogen) atoms. The van der Waals surface area contributed by atoms with Gasteiger partial charge in [0, 0.05) is 24.2 Å². The van der Waals surface area contributed by atoms with Crippen LogP contribution in [0.3, 0.4) is 0 Å². The molecular weight excluding hydrogens is 376 g/mol. The Labute approximate surface area is 172 Å². The molecule has 0 saturated heterocycles. The summed E-state index contributed by atoms with van der Waals surface area (Å²) in [4.78, 5) is 23.8. The predicted octanol–water partition coefficient (Wildman–Crippen LogP) is 4.24. The quantitative estimate of drug-likeness (QED) is 0.725. The molecule has 0 fully saturated rings. The summed E-state index contributed by atoms with van der Waals surface area (Å²) in [5.74, 6) is 0.299. The van der Waals surface area contributed by atoms with E-state index >= 15 is 0 Å². The summed E-state index contributed by atoms with van der Waals surface area (Å²) < 4.78 is 5.73. The number of carbonyl (C=O) groups is 2. The van der Waals surface area contributed by atoms with Gasteiger partial charge in [0.1, 0.15) is 5.75 Å². The molecule has 5 nitrogen and oxygen atoms in total. The minimum Gasteiger partial charge on any atom is -0.478 e. The number of carbonyl (C=O) groups excluding carboxylic acids is 2. The SMILES string of the molecule is CC.CNC(=O)C(C)(C)Oc1ccc(CCNC(=O)c2ccc(Cl)cc2)cc1. The van der Waals surface area contributed by atoms with Crippen molar-refractivity contribution in [3.63, 3.8) is 0 Å². The molecule has 6 heteroatoms. The number of ether oxygens (including phenoxy) is 1. The van der Waals surface area contributed by atoms with E-state index in [2.05, 4.69) is 10.6 Å². The van der Waals surface area contributed by atoms with E-state index in [-0.39, 0.29) is 11.8 Å². The Bertz CT molecular complexity index is 756. The highest BCUT2D eigenvalue weighted by Gasteiger charge is 2.28. The second-order valence-corrected chi connectivity index (χ2v) is 6.78. The van der Waals surface area contributed by atoms with Gasteiger partial charge in [-0.1, -0.05) is 37.6 Å². The molecule has 0 radical (unpaired) electrons. The summed E-state index contributed by atoms with van der Waals surface area (Å²) in [7, 11) is 1.58. The van der Waals surface area contributed by atoms with Crippen molar-refractivity contribution in [2.45, 2.75) is 39.7 Å². The van der Waals surface area contributed by atoms with Crippen LogP contribution in [0.2, 0.25) is 5.02 Å². The lowest BCUT2D eigenvalue weighted by Gasteiger charge is -2.24. The van der Waals surface area contributed by atoms with E-state index < -0.39 is 5.60 Å². The van der Waals surface area contributed by atoms with E-state index in [1.165, 1.54) is 0 Å². The summed E-state index contributed by atoms with van der Waals surface area (Å²) in [6.07, 6.45) is 0.693. The molecule has 2 N–H and O–H groups in total. The van der Waals surface area contributed by atoms with Crippen LogP contribution in [0.4, 0.5) is 0 Å². The van der Waals surface area contributed by atoms with Crippen molar-refractivity contribution in [3.8, 4) is 5.75 Å². The Hall–Kier alpha value is -2.53. The van der Waals surface area contributed by atoms with Gasteiger partial charge in [-0.25, -0.2) is 0 Å². The topological polar surface area (TPSA) is 67.4 Å². The number of hydrogen-bond acceptors (Lipinski definition) is 3. The first kappa shape index (κ1) is 23.5. The van der Waals surface area contributed by atoms with Gasteiger partial charge in [0.15, 0.2) is 5.60 Å². The van der Waals surface area contributed by atoms with E-state index in [1.54, 1.807) is 45.2 Å². The molecule has 0 aromatic heterocycles. The fraction of sp³-hybridized carbons (Fsp3) is 0.364. The van der Waals surface area contributed by atoms with Crippen LogP contribution in [-0.2, 0) is 11.2 Å². The molecule has 152 valence electrons. The van der Waals surface area contributed by atoms with Crippen molar-refractivity contribution in [1.29, 1.82) is 0 Å². The molecule has 2 aromatic carbocycles. The van der Waals surface area contributed by atoms with Gasteiger partial charge in [-0.3, -0.25) is 9.59 Å². The Morgan fingerprint density at radius 3 is 2.11 bits per heavy atom. The van der Waals surface area contributed by atoms with Gasteiger partial charge in [0.05, 0.1) is 0 Å². The average Bonchev–Trinajstić information content (AvgIpc) is 2.70. The zero-order valence-electron chi connectivity index (χ0n) is 17.1. The molecule has 0 atom stereocenters. The lowest BCUT2D eigenvalue weighted by molar-refractivity contribution is -0.133. The Morgan fingerprint density at radius 2 is 1.57 bits per heavy atom. The molecule has 0 bridgehead atoms. The number of hydrogen-bond donors (Lipinski definition) is 2. The maximum absolute atomic E-state index is 12.0. The monoisotopic (exact) mass is 404 g/mol. The number of likely N-dealkylation sites (N-methyl/N-ethyl adjacent to an activating group) is 1. The predicted molar refractivity (Wildman–Crippen MR) is 114 cm³/mol. The molecule has 0 saturated carbocycles. The smallest absolute Gasteiger partial charge is 0.263 e. The fourth-order valence-electron chi connectivity index (χ4n) is 2.39. The number of nitrogens with one attached hydrogen (secondary N) is 2. The van der Waals surface area contributed by atoms with E-state index in [9.17, 15) is 9.59 Å². The van der Waals surface area contributed by atoms with Crippen molar-refractivity contribution in [2.24, 2.45) is 0 Å². The molecular formula is C22H29ClN2O3. The van der Waals surface area contributed by atoms with Crippen LogP contribution in [0, 0.1) is 0 Å². The van der Waals surface area contributed by atoms with E-state index in [4.69, 9.17) is 16.3 Å². The Morgan fingerprint density at radius 1 is 1.00 bits per heavy atom. The van der Waals surface area contributed by atoms with Crippen LogP contribution < -0.4 is 15.4 Å². The Balaban J connectivity index is 0.00000190. The molecule has 0 aliphatic rings. The fourth-order valence-corrected chi connectivity index (χ4v) is 2.52. The highest BCUT2D eigenvalue weighted by Crippen LogP contribution is 2.19. The molecule has 0 heterocycles. The number of halogens is 1. The second kappa shape index (κ2) is 11.3. The number of benzene rings is 2. The van der Waals surface area contributed by atoms with Crippen molar-refractivity contribution in [3.05, 3.63) is 64.7 Å². The minimum atomic E-state index is -0.942. The highest BCUT2D eigenvalue weighted by atomic mass is 35.5. The maximum atomic E-state index is 12.0. The largest absolute Gasteiger partial charge is 0.478 e. The molecule has 0 unspecified atom stereocenters. The van der Waals surface area contributed by atoms with Gasteiger partial charge in [-0.05, 0) is 62.2 Å². The van der Waals surface area contributed by atoms with Crippen LogP contribution in [0.25, 0.3) is 0 Å². The average molecular weight is 405 g/mol. The molecule has 0 spiro atoms. The van der Waals surface area contributed by atoms with Crippen LogP contribution >= 0.6 is 11.6 Å². The summed E-state index contributed by atoms with van der Waals surface area (Å²) in [5.41, 5.74) is 0.698. The van der Waals surface area contributed by atoms with Gasteiger partial charge in [-0.15, -0.1) is 0 Å². The van der Waals surface area contributed by atoms with Gasteiger partial charge in [-0.2, -0.15) is 0 Å². The molecule has 2 rings (SSSR count).